The Morgan fingerprint density at radius 3 is 2.36 bits per heavy atom. The van der Waals surface area contributed by atoms with Gasteiger partial charge in [0.05, 0.1) is 36.4 Å². The molecule has 0 aliphatic rings. The fourth-order valence-corrected chi connectivity index (χ4v) is 5.42. The van der Waals surface area contributed by atoms with Crippen LogP contribution in [0.25, 0.3) is 56.1 Å². The van der Waals surface area contributed by atoms with Crippen molar-refractivity contribution in [3.63, 3.8) is 0 Å². The number of carbonyl (C=O) groups is 1. The average Bonchev–Trinajstić information content (AvgIpc) is 3.60. The molecule has 0 bridgehead atoms. The van der Waals surface area contributed by atoms with Crippen LogP contribution in [-0.2, 0) is 10.0 Å². The van der Waals surface area contributed by atoms with Crippen LogP contribution >= 0.6 is 0 Å². The normalized spacial score (nSPS) is 11.7. The predicted octanol–water partition coefficient (Wildman–Crippen LogP) is 6.01. The lowest BCUT2D eigenvalue weighted by atomic mass is 9.97. The Bertz CT molecular complexity index is 2190. The van der Waals surface area contributed by atoms with Crippen molar-refractivity contribution in [2.45, 2.75) is 0 Å². The second-order valence-electron chi connectivity index (χ2n) is 9.90. The number of fused-ring (bicyclic) bond motifs is 2. The van der Waals surface area contributed by atoms with E-state index in [1.807, 2.05) is 0 Å². The molecular weight excluding hydrogens is 594 g/mol. The second-order valence-corrected chi connectivity index (χ2v) is 11.9. The SMILES string of the molecule is CNC(=O)c1c(-c2ccc(F)cc2)oc2cc(N(C)S(C)(=O)=O)c(-c3ccc(OC)c(-c4nc5cc(F)cnc5o4)c3)cc12. The van der Waals surface area contributed by atoms with Crippen LogP contribution < -0.4 is 14.4 Å². The van der Waals surface area contributed by atoms with Gasteiger partial charge in [-0.2, -0.15) is 0 Å². The second kappa shape index (κ2) is 10.8. The average molecular weight is 619 g/mol. The molecule has 1 amide bonds. The highest BCUT2D eigenvalue weighted by atomic mass is 32.2. The Labute approximate surface area is 249 Å². The largest absolute Gasteiger partial charge is 0.496 e. The van der Waals surface area contributed by atoms with E-state index in [0.717, 1.165) is 16.8 Å². The topological polar surface area (TPSA) is 128 Å². The first-order valence-corrected chi connectivity index (χ1v) is 15.0. The number of hydrogen-bond donors (Lipinski definition) is 1. The van der Waals surface area contributed by atoms with Gasteiger partial charge >= 0.3 is 0 Å². The number of nitrogens with zero attached hydrogens (tertiary/aromatic N) is 3. The molecule has 0 unspecified atom stereocenters. The summed E-state index contributed by atoms with van der Waals surface area (Å²) in [4.78, 5) is 21.5. The summed E-state index contributed by atoms with van der Waals surface area (Å²) in [6.45, 7) is 0. The Kier molecular flexibility index (Phi) is 7.04. The van der Waals surface area contributed by atoms with E-state index >= 15 is 0 Å². The Morgan fingerprint density at radius 1 is 0.955 bits per heavy atom. The van der Waals surface area contributed by atoms with E-state index in [1.54, 1.807) is 24.3 Å². The van der Waals surface area contributed by atoms with E-state index in [4.69, 9.17) is 13.6 Å². The van der Waals surface area contributed by atoms with Gasteiger partial charge in [0.1, 0.15) is 34.2 Å². The number of ether oxygens (including phenoxy) is 1. The third-order valence-electron chi connectivity index (χ3n) is 7.16. The van der Waals surface area contributed by atoms with Crippen LogP contribution in [0.5, 0.6) is 5.75 Å². The van der Waals surface area contributed by atoms with Gasteiger partial charge in [-0.3, -0.25) is 9.10 Å². The van der Waals surface area contributed by atoms with Crippen molar-refractivity contribution in [3.05, 3.63) is 84.1 Å². The van der Waals surface area contributed by atoms with E-state index < -0.39 is 27.6 Å². The number of methoxy groups -OCH3 is 1. The molecule has 6 rings (SSSR count). The summed E-state index contributed by atoms with van der Waals surface area (Å²) in [5.41, 5.74) is 2.77. The van der Waals surface area contributed by atoms with Gasteiger partial charge in [0.15, 0.2) is 0 Å². The number of nitrogens with one attached hydrogen (secondary N) is 1. The van der Waals surface area contributed by atoms with Crippen LogP contribution in [0.3, 0.4) is 0 Å². The molecule has 0 saturated carbocycles. The molecule has 0 atom stereocenters. The summed E-state index contributed by atoms with van der Waals surface area (Å²) < 4.78 is 71.6. The molecule has 44 heavy (non-hydrogen) atoms. The van der Waals surface area contributed by atoms with Crippen molar-refractivity contribution in [1.82, 2.24) is 15.3 Å². The van der Waals surface area contributed by atoms with Crippen molar-refractivity contribution in [1.29, 1.82) is 0 Å². The summed E-state index contributed by atoms with van der Waals surface area (Å²) in [7, 11) is 0.572. The van der Waals surface area contributed by atoms with Gasteiger partial charge in [-0.15, -0.1) is 0 Å². The fraction of sp³-hybridized carbons (Fsp3) is 0.129. The molecule has 1 N–H and O–H groups in total. The Hall–Kier alpha value is -5.30. The van der Waals surface area contributed by atoms with Crippen LogP contribution in [0, 0.1) is 11.6 Å². The fourth-order valence-electron chi connectivity index (χ4n) is 4.91. The van der Waals surface area contributed by atoms with E-state index in [9.17, 15) is 22.0 Å². The third kappa shape index (κ3) is 5.00. The molecule has 3 aromatic carbocycles. The molecule has 0 spiro atoms. The van der Waals surface area contributed by atoms with Crippen LogP contribution in [0.2, 0.25) is 0 Å². The molecule has 6 aromatic rings. The number of halogens is 2. The number of benzene rings is 3. The lowest BCUT2D eigenvalue weighted by molar-refractivity contribution is 0.0964. The van der Waals surface area contributed by atoms with Gasteiger partial charge in [0.25, 0.3) is 5.91 Å². The van der Waals surface area contributed by atoms with E-state index in [1.165, 1.54) is 57.6 Å². The van der Waals surface area contributed by atoms with Crippen molar-refractivity contribution in [2.24, 2.45) is 0 Å². The third-order valence-corrected chi connectivity index (χ3v) is 8.35. The minimum atomic E-state index is -3.76. The molecular formula is C31H24F2N4O6S. The number of rotatable bonds is 7. The first kappa shape index (κ1) is 28.8. The zero-order chi connectivity index (χ0) is 31.3. The predicted molar refractivity (Wildman–Crippen MR) is 161 cm³/mol. The maximum absolute atomic E-state index is 13.8. The quantitative estimate of drug-likeness (QED) is 0.230. The Balaban J connectivity index is 1.63. The first-order chi connectivity index (χ1) is 21.0. The summed E-state index contributed by atoms with van der Waals surface area (Å²) in [5.74, 6) is -0.824. The summed E-state index contributed by atoms with van der Waals surface area (Å²) in [6.07, 6.45) is 2.08. The van der Waals surface area contributed by atoms with Crippen LogP contribution in [0.15, 0.2) is 75.7 Å². The van der Waals surface area contributed by atoms with E-state index in [2.05, 4.69) is 15.3 Å². The van der Waals surface area contributed by atoms with Crippen molar-refractivity contribution >= 4 is 43.8 Å². The van der Waals surface area contributed by atoms with Crippen molar-refractivity contribution in [2.75, 3.05) is 31.8 Å². The number of furan rings is 1. The van der Waals surface area contributed by atoms with Gasteiger partial charge < -0.3 is 18.9 Å². The monoisotopic (exact) mass is 618 g/mol. The highest BCUT2D eigenvalue weighted by molar-refractivity contribution is 7.92. The number of anilines is 1. The van der Waals surface area contributed by atoms with Crippen LogP contribution in [0.4, 0.5) is 14.5 Å². The maximum Gasteiger partial charge on any atom is 0.255 e. The summed E-state index contributed by atoms with van der Waals surface area (Å²) in [5, 5.41) is 3.01. The number of sulfonamides is 1. The van der Waals surface area contributed by atoms with Crippen LogP contribution in [0.1, 0.15) is 10.4 Å². The van der Waals surface area contributed by atoms with E-state index in [0.29, 0.717) is 33.4 Å². The number of oxazole rings is 1. The number of hydrogen-bond acceptors (Lipinski definition) is 8. The summed E-state index contributed by atoms with van der Waals surface area (Å²) in [6, 6.07) is 14.9. The number of carbonyl (C=O) groups excluding carboxylic acids is 1. The molecule has 0 aliphatic carbocycles. The molecule has 0 radical (unpaired) electrons. The lowest BCUT2D eigenvalue weighted by Gasteiger charge is -2.21. The molecule has 0 aliphatic heterocycles. The number of pyridine rings is 1. The lowest BCUT2D eigenvalue weighted by Crippen LogP contribution is -2.25. The minimum Gasteiger partial charge on any atom is -0.496 e. The molecule has 3 heterocycles. The molecule has 13 heteroatoms. The van der Waals surface area contributed by atoms with E-state index in [-0.39, 0.29) is 39.7 Å². The zero-order valence-electron chi connectivity index (χ0n) is 23.8. The van der Waals surface area contributed by atoms with Crippen LogP contribution in [-0.4, -0.2) is 51.8 Å². The van der Waals surface area contributed by atoms with Gasteiger partial charge in [-0.25, -0.2) is 27.2 Å². The molecule has 0 fully saturated rings. The molecule has 0 saturated heterocycles. The number of aromatic nitrogens is 2. The van der Waals surface area contributed by atoms with Crippen molar-refractivity contribution in [3.8, 4) is 39.7 Å². The van der Waals surface area contributed by atoms with Gasteiger partial charge in [0, 0.05) is 42.7 Å². The smallest absolute Gasteiger partial charge is 0.255 e. The van der Waals surface area contributed by atoms with Gasteiger partial charge in [-0.1, -0.05) is 6.07 Å². The highest BCUT2D eigenvalue weighted by Crippen LogP contribution is 2.43. The first-order valence-electron chi connectivity index (χ1n) is 13.1. The summed E-state index contributed by atoms with van der Waals surface area (Å²) >= 11 is 0. The maximum atomic E-state index is 13.8. The minimum absolute atomic E-state index is 0.101. The van der Waals surface area contributed by atoms with Gasteiger partial charge in [0.2, 0.25) is 21.6 Å². The highest BCUT2D eigenvalue weighted by Gasteiger charge is 2.27. The molecule has 3 aromatic heterocycles. The number of amides is 1. The zero-order valence-corrected chi connectivity index (χ0v) is 24.6. The standard InChI is InChI=1S/C31H24F2N4O6S/c1-34-29(38)27-21-13-20(17-7-10-25(41-3)22(11-17)30-36-23-12-19(33)15-35-31(23)43-30)24(37(2)44(4,39)40)14-26(21)42-28(27)16-5-8-18(32)9-6-16/h5-15H,1-4H3,(H,34,38). The van der Waals surface area contributed by atoms with Crippen molar-refractivity contribution < 1.29 is 35.6 Å². The Morgan fingerprint density at radius 2 is 1.68 bits per heavy atom. The van der Waals surface area contributed by atoms with Gasteiger partial charge in [-0.05, 0) is 48.0 Å². The molecule has 10 nitrogen and oxygen atoms in total. The molecule has 224 valence electrons.